The molecule has 6 unspecified atom stereocenters. The highest BCUT2D eigenvalue weighted by Gasteiger charge is 2.51. The summed E-state index contributed by atoms with van der Waals surface area (Å²) in [6, 6.07) is 0. The molecular weight excluding hydrogens is 524 g/mol. The molecule has 2 rings (SSSR count). The number of unbranched alkanes of at least 4 members (excludes halogenated alkanes) is 2. The van der Waals surface area contributed by atoms with Gasteiger partial charge in [0.2, 0.25) is 0 Å². The zero-order chi connectivity index (χ0) is 29.3. The van der Waals surface area contributed by atoms with E-state index in [1.807, 2.05) is 0 Å². The van der Waals surface area contributed by atoms with Crippen LogP contribution in [-0.2, 0) is 42.9 Å². The second-order valence-corrected chi connectivity index (χ2v) is 10.8. The molecule has 40 heavy (non-hydrogen) atoms. The third-order valence-electron chi connectivity index (χ3n) is 7.26. The van der Waals surface area contributed by atoms with Gasteiger partial charge in [0.25, 0.3) is 0 Å². The Labute approximate surface area is 237 Å². The van der Waals surface area contributed by atoms with Crippen LogP contribution in [0.2, 0.25) is 0 Å². The van der Waals surface area contributed by atoms with E-state index < -0.39 is 61.0 Å². The molecule has 2 saturated heterocycles. The Hall–Kier alpha value is -2.24. The highest BCUT2D eigenvalue weighted by Crippen LogP contribution is 2.31. The number of carboxylic acid groups (broad SMARTS) is 1. The van der Waals surface area contributed by atoms with Crippen molar-refractivity contribution < 1.29 is 53.1 Å². The Morgan fingerprint density at radius 2 is 1.60 bits per heavy atom. The maximum atomic E-state index is 12.9. The van der Waals surface area contributed by atoms with Crippen LogP contribution in [0.25, 0.3) is 0 Å². The summed E-state index contributed by atoms with van der Waals surface area (Å²) in [7, 11) is 0. The van der Waals surface area contributed by atoms with Gasteiger partial charge in [0.1, 0.15) is 25.2 Å². The molecule has 0 spiro atoms. The van der Waals surface area contributed by atoms with Crippen LogP contribution in [0, 0.1) is 0 Å². The van der Waals surface area contributed by atoms with Gasteiger partial charge < -0.3 is 33.9 Å². The van der Waals surface area contributed by atoms with Gasteiger partial charge in [-0.15, -0.1) is 0 Å². The fourth-order valence-electron chi connectivity index (χ4n) is 5.10. The van der Waals surface area contributed by atoms with Gasteiger partial charge in [0, 0.05) is 13.3 Å². The fourth-order valence-corrected chi connectivity index (χ4v) is 5.10. The Kier molecular flexibility index (Phi) is 16.1. The summed E-state index contributed by atoms with van der Waals surface area (Å²) in [5.74, 6) is -3.67. The van der Waals surface area contributed by atoms with Crippen LogP contribution in [0.5, 0.6) is 0 Å². The van der Waals surface area contributed by atoms with Gasteiger partial charge in [-0.25, -0.2) is 0 Å². The molecule has 2 aliphatic rings. The molecule has 0 amide bonds. The standard InChI is InChI=1S/C29H48O11/c1-3-4-12-15-21-16-13-10-8-6-5-7-9-11-14-17-24(33)39-28-27(40-25(34)18-23(31)32)26(35)22(19-36-20(2)30)38-29(28)37-21/h21-22,26-29,35H,3-19H2,1-2H3,(H,31,32). The second kappa shape index (κ2) is 19.0. The van der Waals surface area contributed by atoms with E-state index in [1.54, 1.807) is 0 Å². The summed E-state index contributed by atoms with van der Waals surface area (Å²) < 4.78 is 28.6. The van der Waals surface area contributed by atoms with Crippen LogP contribution in [-0.4, -0.2) is 77.5 Å². The molecule has 0 aromatic carbocycles. The predicted octanol–water partition coefficient (Wildman–Crippen LogP) is 4.20. The van der Waals surface area contributed by atoms with Crippen molar-refractivity contribution in [2.45, 2.75) is 153 Å². The van der Waals surface area contributed by atoms with Crippen LogP contribution < -0.4 is 0 Å². The van der Waals surface area contributed by atoms with Crippen molar-refractivity contribution in [3.05, 3.63) is 0 Å². The molecule has 230 valence electrons. The quantitative estimate of drug-likeness (QED) is 0.177. The molecule has 2 fully saturated rings. The Morgan fingerprint density at radius 1 is 0.950 bits per heavy atom. The first kappa shape index (κ1) is 34.0. The van der Waals surface area contributed by atoms with Gasteiger partial charge in [-0.2, -0.15) is 0 Å². The minimum Gasteiger partial charge on any atom is -0.481 e. The topological polar surface area (TPSA) is 155 Å². The average molecular weight is 573 g/mol. The molecule has 2 aliphatic heterocycles. The number of carboxylic acids is 1. The number of aliphatic hydroxyl groups is 1. The average Bonchev–Trinajstić information content (AvgIpc) is 2.89. The molecule has 0 aliphatic carbocycles. The number of aliphatic carboxylic acids is 1. The van der Waals surface area contributed by atoms with Crippen molar-refractivity contribution in [3.8, 4) is 0 Å². The minimum absolute atomic E-state index is 0.131. The third-order valence-corrected chi connectivity index (χ3v) is 7.26. The number of ether oxygens (including phenoxy) is 5. The Morgan fingerprint density at radius 3 is 2.23 bits per heavy atom. The third kappa shape index (κ3) is 13.0. The Balaban J connectivity index is 2.35. The van der Waals surface area contributed by atoms with E-state index in [4.69, 9.17) is 28.8 Å². The van der Waals surface area contributed by atoms with Gasteiger partial charge >= 0.3 is 23.9 Å². The first-order valence-corrected chi connectivity index (χ1v) is 14.9. The summed E-state index contributed by atoms with van der Waals surface area (Å²) in [5.41, 5.74) is 0. The normalized spacial score (nSPS) is 29.3. The number of hydrogen-bond donors (Lipinski definition) is 2. The zero-order valence-corrected chi connectivity index (χ0v) is 24.1. The lowest BCUT2D eigenvalue weighted by atomic mass is 9.97. The van der Waals surface area contributed by atoms with E-state index in [0.29, 0.717) is 6.42 Å². The first-order chi connectivity index (χ1) is 19.2. The largest absolute Gasteiger partial charge is 0.481 e. The summed E-state index contributed by atoms with van der Waals surface area (Å²) >= 11 is 0. The van der Waals surface area contributed by atoms with Gasteiger partial charge in [-0.1, -0.05) is 77.6 Å². The van der Waals surface area contributed by atoms with Crippen LogP contribution in [0.15, 0.2) is 0 Å². The lowest BCUT2D eigenvalue weighted by molar-refractivity contribution is -0.316. The van der Waals surface area contributed by atoms with Crippen molar-refractivity contribution in [1.82, 2.24) is 0 Å². The molecule has 0 aromatic rings. The minimum atomic E-state index is -1.57. The lowest BCUT2D eigenvalue weighted by Gasteiger charge is -2.44. The number of aliphatic hydroxyl groups excluding tert-OH is 1. The van der Waals surface area contributed by atoms with Crippen LogP contribution >= 0.6 is 0 Å². The van der Waals surface area contributed by atoms with E-state index in [2.05, 4.69) is 6.92 Å². The van der Waals surface area contributed by atoms with Crippen LogP contribution in [0.4, 0.5) is 0 Å². The number of carbonyl (C=O) groups is 4. The van der Waals surface area contributed by atoms with Gasteiger partial charge in [0.15, 0.2) is 18.5 Å². The summed E-state index contributed by atoms with van der Waals surface area (Å²) in [5, 5.41) is 20.1. The van der Waals surface area contributed by atoms with Crippen molar-refractivity contribution in [1.29, 1.82) is 0 Å². The maximum absolute atomic E-state index is 12.9. The Bertz CT molecular complexity index is 786. The zero-order valence-electron chi connectivity index (χ0n) is 24.1. The highest BCUT2D eigenvalue weighted by molar-refractivity contribution is 5.90. The van der Waals surface area contributed by atoms with E-state index >= 15 is 0 Å². The van der Waals surface area contributed by atoms with Crippen LogP contribution in [0.1, 0.15) is 117 Å². The molecule has 0 radical (unpaired) electrons. The van der Waals surface area contributed by atoms with Gasteiger partial charge in [-0.05, 0) is 19.3 Å². The van der Waals surface area contributed by atoms with Gasteiger partial charge in [0.05, 0.1) is 6.10 Å². The predicted molar refractivity (Wildman–Crippen MR) is 143 cm³/mol. The van der Waals surface area contributed by atoms with Crippen molar-refractivity contribution in [2.75, 3.05) is 6.61 Å². The fraction of sp³-hybridized carbons (Fsp3) is 0.862. The summed E-state index contributed by atoms with van der Waals surface area (Å²) in [6.45, 7) is 2.96. The SMILES string of the molecule is CCCCCC1CCCCCCCCCCCC(=O)OC2C(O1)OC(COC(C)=O)C(O)C2OC(=O)CC(=O)O. The number of carbonyl (C=O) groups excluding carboxylic acids is 3. The highest BCUT2D eigenvalue weighted by atomic mass is 16.7. The summed E-state index contributed by atoms with van der Waals surface area (Å²) in [4.78, 5) is 47.8. The van der Waals surface area contributed by atoms with E-state index in [9.17, 15) is 24.3 Å². The number of hydrogen-bond acceptors (Lipinski definition) is 10. The summed E-state index contributed by atoms with van der Waals surface area (Å²) in [6.07, 6.45) is 5.82. The van der Waals surface area contributed by atoms with Crippen LogP contribution in [0.3, 0.4) is 0 Å². The lowest BCUT2D eigenvalue weighted by Crippen LogP contribution is -2.62. The molecule has 0 saturated carbocycles. The second-order valence-electron chi connectivity index (χ2n) is 10.8. The molecule has 11 heteroatoms. The molecule has 0 bridgehead atoms. The van der Waals surface area contributed by atoms with E-state index in [1.165, 1.54) is 19.8 Å². The number of rotatable bonds is 9. The van der Waals surface area contributed by atoms with Gasteiger partial charge in [-0.3, -0.25) is 19.2 Å². The smallest absolute Gasteiger partial charge is 0.317 e. The maximum Gasteiger partial charge on any atom is 0.317 e. The van der Waals surface area contributed by atoms with Crippen molar-refractivity contribution in [3.63, 3.8) is 0 Å². The first-order valence-electron chi connectivity index (χ1n) is 14.9. The molecule has 2 N–H and O–H groups in total. The molecule has 0 aromatic heterocycles. The molecule has 11 nitrogen and oxygen atoms in total. The van der Waals surface area contributed by atoms with Crippen molar-refractivity contribution in [2.24, 2.45) is 0 Å². The van der Waals surface area contributed by atoms with Crippen molar-refractivity contribution >= 4 is 23.9 Å². The molecule has 6 atom stereocenters. The molecule has 2 heterocycles. The van der Waals surface area contributed by atoms with E-state index in [-0.39, 0.29) is 19.1 Å². The number of fused-ring (bicyclic) bond motifs is 1. The van der Waals surface area contributed by atoms with E-state index in [0.717, 1.165) is 70.6 Å². The monoisotopic (exact) mass is 572 g/mol. The molecular formula is C29H48O11. The number of esters is 3.